The van der Waals surface area contributed by atoms with Crippen LogP contribution in [0.15, 0.2) is 35.7 Å². The van der Waals surface area contributed by atoms with E-state index in [1.165, 1.54) is 21.8 Å². The molecule has 9 heteroatoms. The summed E-state index contributed by atoms with van der Waals surface area (Å²) >= 11 is 1.36. The number of amides is 4. The average Bonchev–Trinajstić information content (AvgIpc) is 3.58. The van der Waals surface area contributed by atoms with Gasteiger partial charge < -0.3 is 15.2 Å². The van der Waals surface area contributed by atoms with Crippen molar-refractivity contribution in [1.82, 2.24) is 19.8 Å². The molecule has 0 atom stereocenters. The van der Waals surface area contributed by atoms with Crippen LogP contribution in [0.5, 0.6) is 0 Å². The zero-order chi connectivity index (χ0) is 24.7. The molecule has 2 fully saturated rings. The molecule has 0 radical (unpaired) electrons. The van der Waals surface area contributed by atoms with Gasteiger partial charge in [0.2, 0.25) is 5.91 Å². The number of anilines is 1. The van der Waals surface area contributed by atoms with E-state index in [0.29, 0.717) is 18.0 Å². The molecule has 1 saturated carbocycles. The lowest BCUT2D eigenvalue weighted by Gasteiger charge is -2.19. The number of imide groups is 1. The minimum atomic E-state index is -0.747. The third kappa shape index (κ3) is 4.25. The van der Waals surface area contributed by atoms with Crippen LogP contribution < -0.4 is 10.6 Å². The molecule has 2 aromatic heterocycles. The van der Waals surface area contributed by atoms with Gasteiger partial charge in [-0.15, -0.1) is 11.3 Å². The van der Waals surface area contributed by atoms with Crippen LogP contribution in [0.4, 0.5) is 9.93 Å². The van der Waals surface area contributed by atoms with Crippen molar-refractivity contribution in [3.05, 3.63) is 52.7 Å². The van der Waals surface area contributed by atoms with Gasteiger partial charge in [-0.1, -0.05) is 30.5 Å². The molecule has 35 heavy (non-hydrogen) atoms. The molecule has 0 unspecified atom stereocenters. The first-order valence-corrected chi connectivity index (χ1v) is 12.8. The van der Waals surface area contributed by atoms with Crippen LogP contribution in [-0.4, -0.2) is 44.4 Å². The number of rotatable bonds is 6. The molecular weight excluding hydrogens is 462 g/mol. The molecule has 4 amide bonds. The number of urea groups is 1. The predicted octanol–water partition coefficient (Wildman–Crippen LogP) is 4.72. The summed E-state index contributed by atoms with van der Waals surface area (Å²) in [5.74, 6) is -0.475. The van der Waals surface area contributed by atoms with Gasteiger partial charge in [0.05, 0.1) is 5.69 Å². The highest BCUT2D eigenvalue weighted by Gasteiger charge is 2.52. The number of hydrogen-bond acceptors (Lipinski definition) is 5. The Labute approximate surface area is 208 Å². The Balaban J connectivity index is 1.24. The topological polar surface area (TPSA) is 96.3 Å². The van der Waals surface area contributed by atoms with Gasteiger partial charge in [0.1, 0.15) is 5.54 Å². The molecule has 3 aromatic rings. The second-order valence-corrected chi connectivity index (χ2v) is 10.3. The normalized spacial score (nSPS) is 16.8. The molecule has 1 spiro atoms. The number of benzene rings is 1. The molecule has 2 N–H and O–H groups in total. The van der Waals surface area contributed by atoms with Gasteiger partial charge in [-0.25, -0.2) is 9.78 Å². The molecule has 1 saturated heterocycles. The third-order valence-electron chi connectivity index (χ3n) is 7.02. The monoisotopic (exact) mass is 491 g/mol. The fourth-order valence-corrected chi connectivity index (χ4v) is 5.89. The zero-order valence-electron chi connectivity index (χ0n) is 20.2. The van der Waals surface area contributed by atoms with Gasteiger partial charge >= 0.3 is 6.03 Å². The Morgan fingerprint density at radius 1 is 1.14 bits per heavy atom. The fraction of sp³-hybridized carbons (Fsp3) is 0.385. The molecule has 2 aliphatic rings. The Kier molecular flexibility index (Phi) is 5.96. The van der Waals surface area contributed by atoms with Crippen molar-refractivity contribution in [1.29, 1.82) is 0 Å². The van der Waals surface area contributed by atoms with E-state index in [1.807, 2.05) is 5.38 Å². The molecule has 1 aromatic carbocycles. The minimum absolute atomic E-state index is 0.0338. The first-order valence-electron chi connectivity index (χ1n) is 11.9. The summed E-state index contributed by atoms with van der Waals surface area (Å²) in [6.45, 7) is 6.26. The highest BCUT2D eigenvalue weighted by atomic mass is 32.1. The van der Waals surface area contributed by atoms with Crippen LogP contribution in [0.3, 0.4) is 0 Å². The second-order valence-electron chi connectivity index (χ2n) is 9.47. The summed E-state index contributed by atoms with van der Waals surface area (Å²) in [6.07, 6.45) is 3.24. The van der Waals surface area contributed by atoms with Crippen molar-refractivity contribution >= 4 is 34.3 Å². The summed E-state index contributed by atoms with van der Waals surface area (Å²) < 4.78 is 2.20. The number of nitrogens with one attached hydrogen (secondary N) is 2. The number of aromatic nitrogens is 2. The smallest absolute Gasteiger partial charge is 0.323 e. The van der Waals surface area contributed by atoms with Crippen molar-refractivity contribution in [3.8, 4) is 16.9 Å². The second kappa shape index (κ2) is 8.96. The zero-order valence-corrected chi connectivity index (χ0v) is 21.0. The van der Waals surface area contributed by atoms with Crippen molar-refractivity contribution in [3.63, 3.8) is 0 Å². The summed E-state index contributed by atoms with van der Waals surface area (Å²) in [5, 5.41) is 8.09. The SMILES string of the molecule is Cc1ccc(-n2c(C)cc(-c3csc(NC(=O)CCN4C(=O)NC5(CCCC5)C4=O)n3)c2C)cc1. The Morgan fingerprint density at radius 3 is 2.57 bits per heavy atom. The van der Waals surface area contributed by atoms with Crippen LogP contribution in [0.1, 0.15) is 49.1 Å². The summed E-state index contributed by atoms with van der Waals surface area (Å²) in [6, 6.07) is 10.1. The van der Waals surface area contributed by atoms with E-state index in [1.54, 1.807) is 0 Å². The Morgan fingerprint density at radius 2 is 1.86 bits per heavy atom. The largest absolute Gasteiger partial charge is 0.325 e. The van der Waals surface area contributed by atoms with Gasteiger partial charge in [-0.3, -0.25) is 14.5 Å². The van der Waals surface area contributed by atoms with Gasteiger partial charge in [0.25, 0.3) is 5.91 Å². The summed E-state index contributed by atoms with van der Waals surface area (Å²) in [4.78, 5) is 43.4. The van der Waals surface area contributed by atoms with E-state index in [4.69, 9.17) is 0 Å². The number of nitrogens with zero attached hydrogens (tertiary/aromatic N) is 3. The van der Waals surface area contributed by atoms with Crippen LogP contribution in [0, 0.1) is 20.8 Å². The molecular formula is C26H29N5O3S. The standard InChI is InChI=1S/C26H29N5O3S/c1-16-6-8-19(9-7-16)31-17(2)14-20(18(31)3)21-15-35-24(27-21)28-22(32)10-13-30-23(33)26(29-25(30)34)11-4-5-12-26/h6-9,14-15H,4-5,10-13H2,1-3H3,(H,29,34)(H,27,28,32). The van der Waals surface area contributed by atoms with Crippen molar-refractivity contribution in [2.24, 2.45) is 0 Å². The number of carbonyl (C=O) groups excluding carboxylic acids is 3. The van der Waals surface area contributed by atoms with Crippen LogP contribution in [0.2, 0.25) is 0 Å². The lowest BCUT2D eigenvalue weighted by atomic mass is 9.98. The maximum absolute atomic E-state index is 12.8. The van der Waals surface area contributed by atoms with Crippen LogP contribution in [-0.2, 0) is 9.59 Å². The molecule has 1 aliphatic carbocycles. The van der Waals surface area contributed by atoms with Gasteiger partial charge in [0.15, 0.2) is 5.13 Å². The maximum Gasteiger partial charge on any atom is 0.325 e. The molecule has 8 nitrogen and oxygen atoms in total. The first kappa shape index (κ1) is 23.3. The molecule has 0 bridgehead atoms. The molecule has 182 valence electrons. The molecule has 3 heterocycles. The van der Waals surface area contributed by atoms with Crippen molar-refractivity contribution in [2.75, 3.05) is 11.9 Å². The summed E-state index contributed by atoms with van der Waals surface area (Å²) in [7, 11) is 0. The van der Waals surface area contributed by atoms with Gasteiger partial charge in [0, 0.05) is 41.0 Å². The number of aryl methyl sites for hydroxylation is 2. The Hall–Kier alpha value is -3.46. The fourth-order valence-electron chi connectivity index (χ4n) is 5.16. The van der Waals surface area contributed by atoms with Crippen molar-refractivity contribution in [2.45, 2.75) is 58.4 Å². The van der Waals surface area contributed by atoms with Crippen LogP contribution >= 0.6 is 11.3 Å². The molecule has 5 rings (SSSR count). The highest BCUT2D eigenvalue weighted by molar-refractivity contribution is 7.14. The number of hydrogen-bond donors (Lipinski definition) is 2. The van der Waals surface area contributed by atoms with Gasteiger partial charge in [-0.05, 0) is 51.8 Å². The number of carbonyl (C=O) groups is 3. The van der Waals surface area contributed by atoms with E-state index in [-0.39, 0.29) is 24.8 Å². The van der Waals surface area contributed by atoms with E-state index >= 15 is 0 Å². The maximum atomic E-state index is 12.8. The van der Waals surface area contributed by atoms with Crippen LogP contribution in [0.25, 0.3) is 16.9 Å². The average molecular weight is 492 g/mol. The van der Waals surface area contributed by atoms with E-state index in [0.717, 1.165) is 41.2 Å². The lowest BCUT2D eigenvalue weighted by Crippen LogP contribution is -2.44. The summed E-state index contributed by atoms with van der Waals surface area (Å²) in [5.41, 5.74) is 5.56. The van der Waals surface area contributed by atoms with Gasteiger partial charge in [-0.2, -0.15) is 0 Å². The quantitative estimate of drug-likeness (QED) is 0.488. The lowest BCUT2D eigenvalue weighted by molar-refractivity contribution is -0.131. The minimum Gasteiger partial charge on any atom is -0.323 e. The predicted molar refractivity (Wildman–Crippen MR) is 136 cm³/mol. The first-order chi connectivity index (χ1) is 16.8. The Bertz CT molecular complexity index is 1300. The van der Waals surface area contributed by atoms with E-state index in [9.17, 15) is 14.4 Å². The third-order valence-corrected chi connectivity index (χ3v) is 7.77. The van der Waals surface area contributed by atoms with E-state index in [2.05, 4.69) is 71.3 Å². The van der Waals surface area contributed by atoms with E-state index < -0.39 is 11.6 Å². The van der Waals surface area contributed by atoms with Crippen molar-refractivity contribution < 1.29 is 14.4 Å². The molecule has 1 aliphatic heterocycles. The number of thiazole rings is 1. The highest BCUT2D eigenvalue weighted by Crippen LogP contribution is 2.35.